The number of rotatable bonds is 7. The standard InChI is InChI=1S/C16H24O/c1-3-4-5-6-7-8-10-15-11-9-12-16(13-15)14(2)17/h8-14,17H,3-7H2,1-2H3. The largest absolute Gasteiger partial charge is 0.389 e. The van der Waals surface area contributed by atoms with Gasteiger partial charge in [0.2, 0.25) is 0 Å². The van der Waals surface area contributed by atoms with E-state index in [1.54, 1.807) is 6.92 Å². The molecule has 1 aromatic carbocycles. The van der Waals surface area contributed by atoms with Gasteiger partial charge in [-0.3, -0.25) is 0 Å². The molecule has 1 heteroatoms. The molecule has 17 heavy (non-hydrogen) atoms. The fourth-order valence-corrected chi connectivity index (χ4v) is 1.83. The van der Waals surface area contributed by atoms with Gasteiger partial charge in [0.05, 0.1) is 6.10 Å². The Balaban J connectivity index is 2.40. The van der Waals surface area contributed by atoms with Crippen molar-refractivity contribution in [3.05, 3.63) is 41.5 Å². The van der Waals surface area contributed by atoms with Gasteiger partial charge in [-0.05, 0) is 37.0 Å². The average Bonchev–Trinajstić information content (AvgIpc) is 2.34. The molecule has 0 aromatic heterocycles. The second-order valence-corrected chi connectivity index (χ2v) is 4.60. The van der Waals surface area contributed by atoms with E-state index >= 15 is 0 Å². The first-order chi connectivity index (χ1) is 8.24. The fourth-order valence-electron chi connectivity index (χ4n) is 1.83. The molecular weight excluding hydrogens is 208 g/mol. The quantitative estimate of drug-likeness (QED) is 0.674. The molecule has 0 spiro atoms. The lowest BCUT2D eigenvalue weighted by molar-refractivity contribution is 0.199. The Morgan fingerprint density at radius 1 is 1.24 bits per heavy atom. The van der Waals surface area contributed by atoms with E-state index < -0.39 is 0 Å². The maximum absolute atomic E-state index is 9.49. The number of hydrogen-bond donors (Lipinski definition) is 1. The van der Waals surface area contributed by atoms with Crippen molar-refractivity contribution in [1.82, 2.24) is 0 Å². The van der Waals surface area contributed by atoms with E-state index in [0.29, 0.717) is 0 Å². The zero-order chi connectivity index (χ0) is 12.5. The Morgan fingerprint density at radius 3 is 2.76 bits per heavy atom. The second kappa shape index (κ2) is 8.08. The van der Waals surface area contributed by atoms with Crippen molar-refractivity contribution in [3.8, 4) is 0 Å². The van der Waals surface area contributed by atoms with Crippen molar-refractivity contribution < 1.29 is 5.11 Å². The summed E-state index contributed by atoms with van der Waals surface area (Å²) < 4.78 is 0. The van der Waals surface area contributed by atoms with Crippen LogP contribution in [-0.2, 0) is 0 Å². The van der Waals surface area contributed by atoms with Crippen LogP contribution in [0.1, 0.15) is 63.2 Å². The van der Waals surface area contributed by atoms with Crippen LogP contribution in [0.3, 0.4) is 0 Å². The molecule has 0 saturated heterocycles. The molecule has 94 valence electrons. The first-order valence-corrected chi connectivity index (χ1v) is 6.68. The molecule has 0 aliphatic carbocycles. The van der Waals surface area contributed by atoms with E-state index in [4.69, 9.17) is 0 Å². The van der Waals surface area contributed by atoms with Crippen molar-refractivity contribution >= 4 is 6.08 Å². The molecular formula is C16H24O. The molecule has 0 fully saturated rings. The summed E-state index contributed by atoms with van der Waals surface area (Å²) in [6.45, 7) is 4.03. The van der Waals surface area contributed by atoms with Crippen LogP contribution in [0.5, 0.6) is 0 Å². The van der Waals surface area contributed by atoms with E-state index in [1.807, 2.05) is 18.2 Å². The van der Waals surface area contributed by atoms with E-state index in [9.17, 15) is 5.11 Å². The first-order valence-electron chi connectivity index (χ1n) is 6.68. The lowest BCUT2D eigenvalue weighted by atomic mass is 10.1. The first kappa shape index (κ1) is 14.0. The number of aliphatic hydroxyl groups is 1. The number of hydrogen-bond acceptors (Lipinski definition) is 1. The highest BCUT2D eigenvalue weighted by molar-refractivity contribution is 5.50. The van der Waals surface area contributed by atoms with Crippen LogP contribution in [-0.4, -0.2) is 5.11 Å². The van der Waals surface area contributed by atoms with E-state index in [0.717, 1.165) is 12.0 Å². The molecule has 1 N–H and O–H groups in total. The SMILES string of the molecule is CCCCCCC=Cc1cccc(C(C)O)c1. The van der Waals surface area contributed by atoms with E-state index in [1.165, 1.54) is 31.2 Å². The van der Waals surface area contributed by atoms with Crippen LogP contribution in [0.4, 0.5) is 0 Å². The number of allylic oxidation sites excluding steroid dienone is 1. The highest BCUT2D eigenvalue weighted by Crippen LogP contribution is 2.15. The zero-order valence-electron chi connectivity index (χ0n) is 11.0. The maximum atomic E-state index is 9.49. The molecule has 0 aliphatic rings. The third-order valence-corrected chi connectivity index (χ3v) is 2.93. The summed E-state index contributed by atoms with van der Waals surface area (Å²) in [6, 6.07) is 8.09. The lowest BCUT2D eigenvalue weighted by Crippen LogP contribution is -1.90. The molecule has 0 saturated carbocycles. The molecule has 0 amide bonds. The van der Waals surface area contributed by atoms with Gasteiger partial charge < -0.3 is 5.11 Å². The minimum atomic E-state index is -0.382. The van der Waals surface area contributed by atoms with Crippen LogP contribution in [0.15, 0.2) is 30.3 Å². The number of unbranched alkanes of at least 4 members (excludes halogenated alkanes) is 4. The van der Waals surface area contributed by atoms with Crippen molar-refractivity contribution in [2.45, 2.75) is 52.1 Å². The molecule has 1 aromatic rings. The van der Waals surface area contributed by atoms with Gasteiger partial charge in [-0.1, -0.05) is 56.5 Å². The van der Waals surface area contributed by atoms with Crippen molar-refractivity contribution in [1.29, 1.82) is 0 Å². The molecule has 0 aliphatic heterocycles. The summed E-state index contributed by atoms with van der Waals surface area (Å²) >= 11 is 0. The molecule has 1 atom stereocenters. The van der Waals surface area contributed by atoms with Crippen molar-refractivity contribution in [3.63, 3.8) is 0 Å². The Labute approximate surface area is 105 Å². The van der Waals surface area contributed by atoms with Crippen molar-refractivity contribution in [2.24, 2.45) is 0 Å². The van der Waals surface area contributed by atoms with Gasteiger partial charge in [0.25, 0.3) is 0 Å². The van der Waals surface area contributed by atoms with Crippen LogP contribution in [0, 0.1) is 0 Å². The molecule has 0 heterocycles. The summed E-state index contributed by atoms with van der Waals surface area (Å²) in [6.07, 6.45) is 10.4. The van der Waals surface area contributed by atoms with Gasteiger partial charge in [-0.25, -0.2) is 0 Å². The third kappa shape index (κ3) is 5.69. The van der Waals surface area contributed by atoms with Gasteiger partial charge >= 0.3 is 0 Å². The Hall–Kier alpha value is -1.08. The minimum Gasteiger partial charge on any atom is -0.389 e. The molecule has 0 bridgehead atoms. The summed E-state index contributed by atoms with van der Waals surface area (Å²) in [5.74, 6) is 0. The van der Waals surface area contributed by atoms with Gasteiger partial charge in [-0.15, -0.1) is 0 Å². The molecule has 1 nitrogen and oxygen atoms in total. The Bertz CT molecular complexity index is 339. The maximum Gasteiger partial charge on any atom is 0.0762 e. The summed E-state index contributed by atoms with van der Waals surface area (Å²) in [5.41, 5.74) is 2.16. The van der Waals surface area contributed by atoms with Gasteiger partial charge in [-0.2, -0.15) is 0 Å². The normalized spacial score (nSPS) is 13.1. The van der Waals surface area contributed by atoms with Gasteiger partial charge in [0, 0.05) is 0 Å². The predicted octanol–water partition coefficient (Wildman–Crippen LogP) is 4.72. The van der Waals surface area contributed by atoms with Crippen LogP contribution >= 0.6 is 0 Å². The number of benzene rings is 1. The predicted molar refractivity (Wildman–Crippen MR) is 74.9 cm³/mol. The van der Waals surface area contributed by atoms with Crippen LogP contribution in [0.2, 0.25) is 0 Å². The summed E-state index contributed by atoms with van der Waals surface area (Å²) in [4.78, 5) is 0. The van der Waals surface area contributed by atoms with E-state index in [2.05, 4.69) is 25.1 Å². The van der Waals surface area contributed by atoms with Crippen LogP contribution in [0.25, 0.3) is 6.08 Å². The minimum absolute atomic E-state index is 0.382. The van der Waals surface area contributed by atoms with Gasteiger partial charge in [0.1, 0.15) is 0 Å². The van der Waals surface area contributed by atoms with Crippen molar-refractivity contribution in [2.75, 3.05) is 0 Å². The van der Waals surface area contributed by atoms with Gasteiger partial charge in [0.15, 0.2) is 0 Å². The average molecular weight is 232 g/mol. The number of aliphatic hydroxyl groups excluding tert-OH is 1. The fraction of sp³-hybridized carbons (Fsp3) is 0.500. The highest BCUT2D eigenvalue weighted by atomic mass is 16.3. The lowest BCUT2D eigenvalue weighted by Gasteiger charge is -2.04. The highest BCUT2D eigenvalue weighted by Gasteiger charge is 1.99. The van der Waals surface area contributed by atoms with E-state index in [-0.39, 0.29) is 6.10 Å². The molecule has 0 radical (unpaired) electrons. The Morgan fingerprint density at radius 2 is 2.06 bits per heavy atom. The summed E-state index contributed by atoms with van der Waals surface area (Å²) in [5, 5.41) is 9.49. The Kier molecular flexibility index (Phi) is 6.64. The third-order valence-electron chi connectivity index (χ3n) is 2.93. The van der Waals surface area contributed by atoms with Crippen LogP contribution < -0.4 is 0 Å². The zero-order valence-corrected chi connectivity index (χ0v) is 11.0. The topological polar surface area (TPSA) is 20.2 Å². The molecule has 1 rings (SSSR count). The molecule has 1 unspecified atom stereocenters. The monoisotopic (exact) mass is 232 g/mol. The smallest absolute Gasteiger partial charge is 0.0762 e. The second-order valence-electron chi connectivity index (χ2n) is 4.60. The summed E-state index contributed by atoms with van der Waals surface area (Å²) in [7, 11) is 0.